The molecule has 7 nitrogen and oxygen atoms in total. The minimum absolute atomic E-state index is 0.0356. The molecule has 0 bridgehead atoms. The number of carbonyl (C=O) groups excluding carboxylic acids is 2. The number of ether oxygens (including phenoxy) is 1. The first-order valence-corrected chi connectivity index (χ1v) is 10.2. The van der Waals surface area contributed by atoms with E-state index in [4.69, 9.17) is 4.74 Å². The van der Waals surface area contributed by atoms with E-state index in [-0.39, 0.29) is 18.4 Å². The maximum atomic E-state index is 12.5. The van der Waals surface area contributed by atoms with Gasteiger partial charge in [-0.05, 0) is 45.6 Å². The number of morpholine rings is 1. The van der Waals surface area contributed by atoms with Crippen molar-refractivity contribution in [3.05, 3.63) is 0 Å². The third-order valence-electron chi connectivity index (χ3n) is 5.83. The van der Waals surface area contributed by atoms with Crippen molar-refractivity contribution in [2.45, 2.75) is 45.3 Å². The summed E-state index contributed by atoms with van der Waals surface area (Å²) in [6.45, 7) is 11.2. The maximum absolute atomic E-state index is 12.5. The summed E-state index contributed by atoms with van der Waals surface area (Å²) in [5.41, 5.74) is 0. The van der Waals surface area contributed by atoms with Crippen molar-refractivity contribution >= 4 is 11.8 Å². The van der Waals surface area contributed by atoms with Gasteiger partial charge in [0.15, 0.2) is 0 Å². The second kappa shape index (κ2) is 9.15. The molecule has 148 valence electrons. The van der Waals surface area contributed by atoms with Crippen LogP contribution in [0.2, 0.25) is 0 Å². The number of hydrogen-bond donors (Lipinski definition) is 1. The fourth-order valence-electron chi connectivity index (χ4n) is 4.38. The first-order valence-electron chi connectivity index (χ1n) is 10.2. The molecule has 0 aromatic heterocycles. The van der Waals surface area contributed by atoms with Crippen LogP contribution in [0.15, 0.2) is 0 Å². The molecule has 0 aromatic rings. The molecule has 2 unspecified atom stereocenters. The molecule has 3 aliphatic heterocycles. The first-order chi connectivity index (χ1) is 12.5. The number of carbonyl (C=O) groups is 2. The van der Waals surface area contributed by atoms with Gasteiger partial charge in [0, 0.05) is 39.3 Å². The SMILES string of the molecule is CC1CN(CCC2CCN(C(=O)CN3CCNCC3=O)CC2)CC(C)O1. The van der Waals surface area contributed by atoms with Crippen molar-refractivity contribution in [3.8, 4) is 0 Å². The predicted molar refractivity (Wildman–Crippen MR) is 99.8 cm³/mol. The van der Waals surface area contributed by atoms with Gasteiger partial charge in [-0.3, -0.25) is 14.5 Å². The van der Waals surface area contributed by atoms with Gasteiger partial charge in [-0.1, -0.05) is 0 Å². The molecular weight excluding hydrogens is 332 g/mol. The van der Waals surface area contributed by atoms with Gasteiger partial charge >= 0.3 is 0 Å². The highest BCUT2D eigenvalue weighted by Crippen LogP contribution is 2.22. The Labute approximate surface area is 157 Å². The molecule has 0 aromatic carbocycles. The van der Waals surface area contributed by atoms with Crippen LogP contribution in [-0.4, -0.2) is 97.6 Å². The van der Waals surface area contributed by atoms with Gasteiger partial charge in [0.1, 0.15) is 0 Å². The Balaban J connectivity index is 1.36. The van der Waals surface area contributed by atoms with Crippen molar-refractivity contribution in [1.82, 2.24) is 20.0 Å². The zero-order valence-electron chi connectivity index (χ0n) is 16.3. The monoisotopic (exact) mass is 366 g/mol. The number of nitrogens with one attached hydrogen (secondary N) is 1. The molecule has 3 fully saturated rings. The summed E-state index contributed by atoms with van der Waals surface area (Å²) in [7, 11) is 0. The molecule has 3 heterocycles. The van der Waals surface area contributed by atoms with Crippen molar-refractivity contribution < 1.29 is 14.3 Å². The standard InChI is InChI=1S/C19H34N4O3/c1-15-12-21(13-16(2)26-15)7-3-17-4-8-22(9-5-17)19(25)14-23-10-6-20-11-18(23)24/h15-17,20H,3-14H2,1-2H3. The lowest BCUT2D eigenvalue weighted by molar-refractivity contribution is -0.141. The van der Waals surface area contributed by atoms with Crippen molar-refractivity contribution in [2.24, 2.45) is 5.92 Å². The van der Waals surface area contributed by atoms with E-state index in [1.54, 1.807) is 4.90 Å². The van der Waals surface area contributed by atoms with Crippen LogP contribution >= 0.6 is 0 Å². The summed E-state index contributed by atoms with van der Waals surface area (Å²) >= 11 is 0. The third kappa shape index (κ3) is 5.41. The molecule has 0 saturated carbocycles. The predicted octanol–water partition coefficient (Wildman–Crippen LogP) is 0.156. The summed E-state index contributed by atoms with van der Waals surface area (Å²) in [4.78, 5) is 30.5. The minimum atomic E-state index is 0.0356. The van der Waals surface area contributed by atoms with Gasteiger partial charge in [0.2, 0.25) is 11.8 Å². The van der Waals surface area contributed by atoms with E-state index in [1.807, 2.05) is 4.90 Å². The Hall–Kier alpha value is -1.18. The fraction of sp³-hybridized carbons (Fsp3) is 0.895. The summed E-state index contributed by atoms with van der Waals surface area (Å²) in [6, 6.07) is 0. The smallest absolute Gasteiger partial charge is 0.242 e. The Kier molecular flexibility index (Phi) is 6.89. The average molecular weight is 367 g/mol. The highest BCUT2D eigenvalue weighted by Gasteiger charge is 2.28. The van der Waals surface area contributed by atoms with E-state index in [0.29, 0.717) is 31.2 Å². The van der Waals surface area contributed by atoms with Gasteiger partial charge < -0.3 is 19.9 Å². The van der Waals surface area contributed by atoms with Crippen LogP contribution in [0.25, 0.3) is 0 Å². The minimum Gasteiger partial charge on any atom is -0.373 e. The van der Waals surface area contributed by atoms with Gasteiger partial charge in [0.05, 0.1) is 25.3 Å². The highest BCUT2D eigenvalue weighted by molar-refractivity contribution is 5.86. The van der Waals surface area contributed by atoms with Crippen LogP contribution < -0.4 is 5.32 Å². The molecule has 3 rings (SSSR count). The lowest BCUT2D eigenvalue weighted by atomic mass is 9.93. The van der Waals surface area contributed by atoms with Crippen molar-refractivity contribution in [2.75, 3.05) is 58.9 Å². The van der Waals surface area contributed by atoms with Crippen molar-refractivity contribution in [1.29, 1.82) is 0 Å². The highest BCUT2D eigenvalue weighted by atomic mass is 16.5. The van der Waals surface area contributed by atoms with Crippen LogP contribution in [0.3, 0.4) is 0 Å². The lowest BCUT2D eigenvalue weighted by Crippen LogP contribution is -2.52. The first kappa shape index (κ1) is 19.6. The third-order valence-corrected chi connectivity index (χ3v) is 5.83. The molecular formula is C19H34N4O3. The lowest BCUT2D eigenvalue weighted by Gasteiger charge is -2.37. The van der Waals surface area contributed by atoms with E-state index in [0.717, 1.165) is 52.1 Å². The van der Waals surface area contributed by atoms with Crippen LogP contribution in [0, 0.1) is 5.92 Å². The topological polar surface area (TPSA) is 65.1 Å². The maximum Gasteiger partial charge on any atom is 0.242 e. The Morgan fingerprint density at radius 2 is 1.85 bits per heavy atom. The Bertz CT molecular complexity index is 483. The number of nitrogens with zero attached hydrogens (tertiary/aromatic N) is 3. The number of likely N-dealkylation sites (tertiary alicyclic amines) is 1. The van der Waals surface area contributed by atoms with Gasteiger partial charge in [-0.25, -0.2) is 0 Å². The van der Waals surface area contributed by atoms with Gasteiger partial charge in [-0.2, -0.15) is 0 Å². The fourth-order valence-corrected chi connectivity index (χ4v) is 4.38. The van der Waals surface area contributed by atoms with E-state index < -0.39 is 0 Å². The normalized spacial score (nSPS) is 29.2. The summed E-state index contributed by atoms with van der Waals surface area (Å²) in [5.74, 6) is 0.844. The quantitative estimate of drug-likeness (QED) is 0.751. The molecule has 26 heavy (non-hydrogen) atoms. The largest absolute Gasteiger partial charge is 0.373 e. The number of hydrogen-bond acceptors (Lipinski definition) is 5. The summed E-state index contributed by atoms with van der Waals surface area (Å²) in [6.07, 6.45) is 4.02. The number of piperazine rings is 1. The van der Waals surface area contributed by atoms with Gasteiger partial charge in [-0.15, -0.1) is 0 Å². The molecule has 7 heteroatoms. The molecule has 2 atom stereocenters. The molecule has 0 aliphatic carbocycles. The van der Waals surface area contributed by atoms with Gasteiger partial charge in [0.25, 0.3) is 0 Å². The Morgan fingerprint density at radius 3 is 2.50 bits per heavy atom. The molecule has 2 amide bonds. The van der Waals surface area contributed by atoms with E-state index >= 15 is 0 Å². The molecule has 0 radical (unpaired) electrons. The molecule has 3 aliphatic rings. The van der Waals surface area contributed by atoms with Crippen LogP contribution in [0.1, 0.15) is 33.1 Å². The Morgan fingerprint density at radius 1 is 1.15 bits per heavy atom. The molecule has 1 N–H and O–H groups in total. The van der Waals surface area contributed by atoms with Crippen LogP contribution in [-0.2, 0) is 14.3 Å². The summed E-state index contributed by atoms with van der Waals surface area (Å²) in [5, 5.41) is 3.04. The van der Waals surface area contributed by atoms with E-state index in [9.17, 15) is 9.59 Å². The van der Waals surface area contributed by atoms with E-state index in [1.165, 1.54) is 6.42 Å². The zero-order chi connectivity index (χ0) is 18.5. The van der Waals surface area contributed by atoms with E-state index in [2.05, 4.69) is 24.1 Å². The molecule has 0 spiro atoms. The summed E-state index contributed by atoms with van der Waals surface area (Å²) < 4.78 is 5.80. The van der Waals surface area contributed by atoms with Crippen LogP contribution in [0.5, 0.6) is 0 Å². The number of amides is 2. The van der Waals surface area contributed by atoms with Crippen LogP contribution in [0.4, 0.5) is 0 Å². The average Bonchev–Trinajstić information content (AvgIpc) is 2.61. The second-order valence-electron chi connectivity index (χ2n) is 8.12. The number of rotatable bonds is 5. The number of piperidine rings is 1. The van der Waals surface area contributed by atoms with Crippen molar-refractivity contribution in [3.63, 3.8) is 0 Å². The molecule has 3 saturated heterocycles. The second-order valence-corrected chi connectivity index (χ2v) is 8.12. The zero-order valence-corrected chi connectivity index (χ0v) is 16.3.